The van der Waals surface area contributed by atoms with Crippen molar-refractivity contribution in [1.82, 2.24) is 4.90 Å². The van der Waals surface area contributed by atoms with Gasteiger partial charge < -0.3 is 20.4 Å². The van der Waals surface area contributed by atoms with Crippen molar-refractivity contribution < 1.29 is 19.8 Å². The second kappa shape index (κ2) is 5.50. The van der Waals surface area contributed by atoms with E-state index in [4.69, 9.17) is 5.11 Å². The van der Waals surface area contributed by atoms with Gasteiger partial charge in [0.2, 0.25) is 0 Å². The van der Waals surface area contributed by atoms with Crippen molar-refractivity contribution >= 4 is 17.7 Å². The van der Waals surface area contributed by atoms with E-state index >= 15 is 0 Å². The van der Waals surface area contributed by atoms with E-state index in [1.54, 1.807) is 0 Å². The van der Waals surface area contributed by atoms with Crippen molar-refractivity contribution in [1.29, 1.82) is 0 Å². The molecule has 6 nitrogen and oxygen atoms in total. The van der Waals surface area contributed by atoms with Crippen LogP contribution in [0.4, 0.5) is 10.5 Å². The zero-order valence-corrected chi connectivity index (χ0v) is 11.5. The van der Waals surface area contributed by atoms with Gasteiger partial charge in [0, 0.05) is 18.7 Å². The SMILES string of the molecule is Cc1cccc(C)c1NC(=O)N1C[C@@H](O)C[C@H]1C(=O)O. The lowest BCUT2D eigenvalue weighted by Crippen LogP contribution is -2.43. The number of aliphatic hydroxyl groups excluding tert-OH is 1. The number of nitrogens with zero attached hydrogens (tertiary/aromatic N) is 1. The Balaban J connectivity index is 2.18. The molecule has 1 fully saturated rings. The van der Waals surface area contributed by atoms with E-state index < -0.39 is 24.1 Å². The number of amides is 2. The van der Waals surface area contributed by atoms with Crippen LogP contribution in [-0.4, -0.2) is 45.8 Å². The van der Waals surface area contributed by atoms with Crippen LogP contribution in [0.2, 0.25) is 0 Å². The number of carboxylic acid groups (broad SMARTS) is 1. The molecular weight excluding hydrogens is 260 g/mol. The van der Waals surface area contributed by atoms with E-state index in [-0.39, 0.29) is 13.0 Å². The van der Waals surface area contributed by atoms with E-state index in [9.17, 15) is 14.7 Å². The van der Waals surface area contributed by atoms with Gasteiger partial charge in [-0.1, -0.05) is 18.2 Å². The normalized spacial score (nSPS) is 21.9. The Hall–Kier alpha value is -2.08. The molecular formula is C14H18N2O4. The highest BCUT2D eigenvalue weighted by atomic mass is 16.4. The molecule has 20 heavy (non-hydrogen) atoms. The van der Waals surface area contributed by atoms with Crippen LogP contribution in [0.25, 0.3) is 0 Å². The maximum absolute atomic E-state index is 12.2. The number of hydrogen-bond acceptors (Lipinski definition) is 3. The third-order valence-electron chi connectivity index (χ3n) is 3.54. The van der Waals surface area contributed by atoms with Crippen molar-refractivity contribution in [2.45, 2.75) is 32.4 Å². The number of carbonyl (C=O) groups is 2. The molecule has 3 N–H and O–H groups in total. The summed E-state index contributed by atoms with van der Waals surface area (Å²) >= 11 is 0. The Bertz CT molecular complexity index is 524. The van der Waals surface area contributed by atoms with Gasteiger partial charge in [0.1, 0.15) is 6.04 Å². The van der Waals surface area contributed by atoms with Gasteiger partial charge in [0.15, 0.2) is 0 Å². The van der Waals surface area contributed by atoms with Gasteiger partial charge in [-0.3, -0.25) is 0 Å². The maximum atomic E-state index is 12.2. The number of urea groups is 1. The highest BCUT2D eigenvalue weighted by molar-refractivity contribution is 5.94. The molecule has 1 aliphatic heterocycles. The van der Waals surface area contributed by atoms with Gasteiger partial charge in [0.25, 0.3) is 0 Å². The molecule has 1 aromatic carbocycles. The van der Waals surface area contributed by atoms with E-state index in [2.05, 4.69) is 5.32 Å². The van der Waals surface area contributed by atoms with Crippen LogP contribution >= 0.6 is 0 Å². The highest BCUT2D eigenvalue weighted by Crippen LogP contribution is 2.23. The average molecular weight is 278 g/mol. The number of aliphatic carboxylic acids is 1. The van der Waals surface area contributed by atoms with Crippen molar-refractivity contribution in [2.24, 2.45) is 0 Å². The first-order valence-corrected chi connectivity index (χ1v) is 6.45. The molecule has 0 unspecified atom stereocenters. The number of aliphatic hydroxyl groups is 1. The number of carboxylic acids is 1. The minimum Gasteiger partial charge on any atom is -0.480 e. The Morgan fingerprint density at radius 1 is 1.30 bits per heavy atom. The summed E-state index contributed by atoms with van der Waals surface area (Å²) in [4.78, 5) is 24.5. The summed E-state index contributed by atoms with van der Waals surface area (Å²) in [5.41, 5.74) is 2.50. The standard InChI is InChI=1S/C14H18N2O4/c1-8-4-3-5-9(2)12(8)15-14(20)16-7-10(17)6-11(16)13(18)19/h3-5,10-11,17H,6-7H2,1-2H3,(H,15,20)(H,18,19)/t10-,11-/m0/s1. The van der Waals surface area contributed by atoms with Crippen LogP contribution in [-0.2, 0) is 4.79 Å². The molecule has 1 aromatic rings. The first-order chi connectivity index (χ1) is 9.40. The van der Waals surface area contributed by atoms with Crippen molar-refractivity contribution in [3.8, 4) is 0 Å². The molecule has 0 radical (unpaired) electrons. The van der Waals surface area contributed by atoms with Crippen LogP contribution in [0, 0.1) is 13.8 Å². The minimum atomic E-state index is -1.10. The van der Waals surface area contributed by atoms with Gasteiger partial charge in [-0.05, 0) is 25.0 Å². The number of anilines is 1. The zero-order chi connectivity index (χ0) is 14.9. The summed E-state index contributed by atoms with van der Waals surface area (Å²) in [6, 6.07) is 4.16. The molecule has 2 amide bonds. The summed E-state index contributed by atoms with van der Waals surface area (Å²) in [7, 11) is 0. The molecule has 0 saturated carbocycles. The van der Waals surface area contributed by atoms with E-state index in [0.717, 1.165) is 11.1 Å². The van der Waals surface area contributed by atoms with Gasteiger partial charge >= 0.3 is 12.0 Å². The summed E-state index contributed by atoms with van der Waals surface area (Å²) < 4.78 is 0. The van der Waals surface area contributed by atoms with Gasteiger partial charge in [-0.2, -0.15) is 0 Å². The topological polar surface area (TPSA) is 89.9 Å². The number of hydrogen-bond donors (Lipinski definition) is 3. The van der Waals surface area contributed by atoms with Crippen LogP contribution in [0.15, 0.2) is 18.2 Å². The molecule has 0 aliphatic carbocycles. The second-order valence-electron chi connectivity index (χ2n) is 5.09. The Morgan fingerprint density at radius 2 is 1.90 bits per heavy atom. The summed E-state index contributed by atoms with van der Waals surface area (Å²) in [5.74, 6) is -1.10. The monoisotopic (exact) mass is 278 g/mol. The average Bonchev–Trinajstić information content (AvgIpc) is 2.76. The fourth-order valence-electron chi connectivity index (χ4n) is 2.46. The van der Waals surface area contributed by atoms with Crippen LogP contribution < -0.4 is 5.32 Å². The Morgan fingerprint density at radius 3 is 2.45 bits per heavy atom. The lowest BCUT2D eigenvalue weighted by molar-refractivity contribution is -0.141. The smallest absolute Gasteiger partial charge is 0.326 e. The fraction of sp³-hybridized carbons (Fsp3) is 0.429. The highest BCUT2D eigenvalue weighted by Gasteiger charge is 2.39. The third kappa shape index (κ3) is 2.75. The molecule has 2 atom stereocenters. The van der Waals surface area contributed by atoms with Crippen molar-refractivity contribution in [2.75, 3.05) is 11.9 Å². The van der Waals surface area contributed by atoms with Crippen molar-refractivity contribution in [3.63, 3.8) is 0 Å². The van der Waals surface area contributed by atoms with Gasteiger partial charge in [-0.15, -0.1) is 0 Å². The van der Waals surface area contributed by atoms with E-state index in [0.29, 0.717) is 5.69 Å². The predicted octanol–water partition coefficient (Wildman–Crippen LogP) is 1.36. The number of β-amino-alcohol motifs (C(OH)–C–C–N with tert-alkyl or cyclic N) is 1. The summed E-state index contributed by atoms with van der Waals surface area (Å²) in [6.07, 6.45) is -0.727. The quantitative estimate of drug-likeness (QED) is 0.762. The summed E-state index contributed by atoms with van der Waals surface area (Å²) in [6.45, 7) is 3.78. The molecule has 1 aliphatic rings. The molecule has 1 saturated heterocycles. The van der Waals surface area contributed by atoms with Crippen molar-refractivity contribution in [3.05, 3.63) is 29.3 Å². The molecule has 0 bridgehead atoms. The Labute approximate surface area is 117 Å². The lowest BCUT2D eigenvalue weighted by atomic mass is 10.1. The zero-order valence-electron chi connectivity index (χ0n) is 11.5. The lowest BCUT2D eigenvalue weighted by Gasteiger charge is -2.22. The molecule has 108 valence electrons. The largest absolute Gasteiger partial charge is 0.480 e. The fourth-order valence-corrected chi connectivity index (χ4v) is 2.46. The van der Waals surface area contributed by atoms with E-state index in [1.807, 2.05) is 32.0 Å². The van der Waals surface area contributed by atoms with Gasteiger partial charge in [-0.25, -0.2) is 9.59 Å². The van der Waals surface area contributed by atoms with E-state index in [1.165, 1.54) is 4.90 Å². The number of nitrogens with one attached hydrogen (secondary N) is 1. The number of aryl methyl sites for hydroxylation is 2. The predicted molar refractivity (Wildman–Crippen MR) is 73.7 cm³/mol. The first-order valence-electron chi connectivity index (χ1n) is 6.45. The molecule has 0 aromatic heterocycles. The molecule has 1 heterocycles. The first kappa shape index (κ1) is 14.3. The summed E-state index contributed by atoms with van der Waals surface area (Å²) in [5, 5.41) is 21.4. The van der Waals surface area contributed by atoms with Crippen LogP contribution in [0.3, 0.4) is 0 Å². The number of rotatable bonds is 2. The molecule has 0 spiro atoms. The third-order valence-corrected chi connectivity index (χ3v) is 3.54. The van der Waals surface area contributed by atoms with Gasteiger partial charge in [0.05, 0.1) is 6.10 Å². The maximum Gasteiger partial charge on any atom is 0.326 e. The Kier molecular flexibility index (Phi) is 3.94. The number of carbonyl (C=O) groups excluding carboxylic acids is 1. The molecule has 2 rings (SSSR count). The minimum absolute atomic E-state index is 0.0354. The number of para-hydroxylation sites is 1. The second-order valence-corrected chi connectivity index (χ2v) is 5.09. The number of benzene rings is 1. The number of likely N-dealkylation sites (tertiary alicyclic amines) is 1. The molecule has 6 heteroatoms. The van der Waals surface area contributed by atoms with Crippen LogP contribution in [0.1, 0.15) is 17.5 Å². The van der Waals surface area contributed by atoms with Crippen LogP contribution in [0.5, 0.6) is 0 Å².